The first kappa shape index (κ1) is 27.1. The van der Waals surface area contributed by atoms with E-state index in [9.17, 15) is 15.3 Å². The molecule has 1 saturated carbocycles. The lowest BCUT2D eigenvalue weighted by atomic mass is 9.84. The molecule has 0 spiro atoms. The molecule has 12 heteroatoms. The maximum atomic E-state index is 11.1. The first-order valence-corrected chi connectivity index (χ1v) is 11.8. The van der Waals surface area contributed by atoms with Gasteiger partial charge < -0.3 is 62.1 Å². The van der Waals surface area contributed by atoms with Crippen molar-refractivity contribution in [3.05, 3.63) is 0 Å². The van der Waals surface area contributed by atoms with Gasteiger partial charge in [-0.25, -0.2) is 0 Å². The van der Waals surface area contributed by atoms with Gasteiger partial charge in [-0.1, -0.05) is 0 Å². The Bertz CT molecular complexity index is 632. The largest absolute Gasteiger partial charge is 0.388 e. The van der Waals surface area contributed by atoms with Crippen molar-refractivity contribution in [2.45, 2.75) is 112 Å². The molecule has 3 rings (SSSR count). The third-order valence-electron chi connectivity index (χ3n) is 7.24. The van der Waals surface area contributed by atoms with Gasteiger partial charge in [-0.15, -0.1) is 0 Å². The first-order valence-electron chi connectivity index (χ1n) is 11.8. The van der Waals surface area contributed by atoms with Crippen molar-refractivity contribution < 1.29 is 34.3 Å². The average molecular weight is 478 g/mol. The number of aliphatic hydroxyl groups is 3. The minimum atomic E-state index is -1.29. The van der Waals surface area contributed by atoms with E-state index in [0.29, 0.717) is 12.8 Å². The third kappa shape index (κ3) is 5.85. The zero-order chi connectivity index (χ0) is 24.5. The van der Waals surface area contributed by atoms with E-state index in [0.717, 1.165) is 6.42 Å². The lowest BCUT2D eigenvalue weighted by Crippen LogP contribution is -2.68. The predicted molar refractivity (Wildman–Crippen MR) is 120 cm³/mol. The van der Waals surface area contributed by atoms with Crippen LogP contribution in [0.5, 0.6) is 0 Å². The SMILES string of the molecule is CNC(C)[C@@H]1CC[C@@H](N)[C@@H](OC2[C@@H](O)[C@@H](OC3OC[C@](C)(O)[C@H](NC)[C@H]3O)[C@H](N)C[C@@H]2N)O1. The zero-order valence-electron chi connectivity index (χ0n) is 20.0. The summed E-state index contributed by atoms with van der Waals surface area (Å²) in [6.45, 7) is 3.52. The molecule has 1 aliphatic carbocycles. The van der Waals surface area contributed by atoms with Crippen LogP contribution in [0.25, 0.3) is 0 Å². The summed E-state index contributed by atoms with van der Waals surface area (Å²) in [5.74, 6) is 0. The van der Waals surface area contributed by atoms with Crippen LogP contribution in [0.4, 0.5) is 0 Å². The zero-order valence-corrected chi connectivity index (χ0v) is 20.0. The van der Waals surface area contributed by atoms with Crippen molar-refractivity contribution in [3.63, 3.8) is 0 Å². The van der Waals surface area contributed by atoms with E-state index < -0.39 is 60.7 Å². The molecule has 2 aliphatic heterocycles. The Kier molecular flexibility index (Phi) is 9.09. The second-order valence-corrected chi connectivity index (χ2v) is 9.91. The molecule has 12 nitrogen and oxygen atoms in total. The Morgan fingerprint density at radius 3 is 2.15 bits per heavy atom. The van der Waals surface area contributed by atoms with Gasteiger partial charge in [0.15, 0.2) is 12.6 Å². The Morgan fingerprint density at radius 1 is 0.970 bits per heavy atom. The van der Waals surface area contributed by atoms with Crippen LogP contribution in [0.1, 0.15) is 33.1 Å². The van der Waals surface area contributed by atoms with Gasteiger partial charge in [-0.05, 0) is 47.2 Å². The molecular formula is C21H43N5O7. The Morgan fingerprint density at radius 2 is 1.58 bits per heavy atom. The highest BCUT2D eigenvalue weighted by molar-refractivity contribution is 5.02. The van der Waals surface area contributed by atoms with Gasteiger partial charge in [0.2, 0.25) is 0 Å². The van der Waals surface area contributed by atoms with Gasteiger partial charge >= 0.3 is 0 Å². The lowest BCUT2D eigenvalue weighted by Gasteiger charge is -2.48. The fraction of sp³-hybridized carbons (Fsp3) is 1.00. The molecule has 3 fully saturated rings. The number of nitrogens with one attached hydrogen (secondary N) is 2. The second-order valence-electron chi connectivity index (χ2n) is 9.91. The van der Waals surface area contributed by atoms with Crippen LogP contribution in [0, 0.1) is 0 Å². The van der Waals surface area contributed by atoms with E-state index >= 15 is 0 Å². The van der Waals surface area contributed by atoms with Crippen molar-refractivity contribution in [1.82, 2.24) is 10.6 Å². The summed E-state index contributed by atoms with van der Waals surface area (Å²) in [6, 6.07) is -2.11. The molecule has 3 aliphatic rings. The number of aliphatic hydroxyl groups excluding tert-OH is 2. The van der Waals surface area contributed by atoms with E-state index in [1.54, 1.807) is 14.0 Å². The Labute approximate surface area is 195 Å². The maximum Gasteiger partial charge on any atom is 0.185 e. The van der Waals surface area contributed by atoms with Gasteiger partial charge in [-0.3, -0.25) is 0 Å². The highest BCUT2D eigenvalue weighted by Crippen LogP contribution is 2.31. The molecule has 3 unspecified atom stereocenters. The van der Waals surface area contributed by atoms with Crippen molar-refractivity contribution in [2.24, 2.45) is 17.2 Å². The van der Waals surface area contributed by atoms with E-state index in [1.165, 1.54) is 0 Å². The van der Waals surface area contributed by atoms with E-state index in [2.05, 4.69) is 10.6 Å². The summed E-state index contributed by atoms with van der Waals surface area (Å²) >= 11 is 0. The van der Waals surface area contributed by atoms with Crippen molar-refractivity contribution >= 4 is 0 Å². The summed E-state index contributed by atoms with van der Waals surface area (Å²) < 4.78 is 23.7. The average Bonchev–Trinajstić information content (AvgIpc) is 2.76. The van der Waals surface area contributed by atoms with Gasteiger partial charge in [0.1, 0.15) is 30.0 Å². The van der Waals surface area contributed by atoms with Crippen molar-refractivity contribution in [3.8, 4) is 0 Å². The number of rotatable bonds is 7. The van der Waals surface area contributed by atoms with Crippen molar-refractivity contribution in [1.29, 1.82) is 0 Å². The monoisotopic (exact) mass is 477 g/mol. The molecular weight excluding hydrogens is 434 g/mol. The Hall–Kier alpha value is -0.480. The number of hydrogen-bond donors (Lipinski definition) is 8. The summed E-state index contributed by atoms with van der Waals surface area (Å²) in [5.41, 5.74) is 17.5. The molecule has 0 aromatic carbocycles. The molecule has 2 heterocycles. The fourth-order valence-electron chi connectivity index (χ4n) is 5.04. The molecule has 2 saturated heterocycles. The van der Waals surface area contributed by atoms with Crippen LogP contribution in [0.2, 0.25) is 0 Å². The number of likely N-dealkylation sites (N-methyl/N-ethyl adjacent to an activating group) is 2. The minimum absolute atomic E-state index is 0.0620. The molecule has 0 amide bonds. The van der Waals surface area contributed by atoms with E-state index in [-0.39, 0.29) is 24.8 Å². The highest BCUT2D eigenvalue weighted by Gasteiger charge is 2.50. The molecule has 33 heavy (non-hydrogen) atoms. The molecule has 194 valence electrons. The van der Waals surface area contributed by atoms with Gasteiger partial charge in [0.05, 0.1) is 24.8 Å². The minimum Gasteiger partial charge on any atom is -0.388 e. The third-order valence-corrected chi connectivity index (χ3v) is 7.24. The molecule has 0 aromatic heterocycles. The summed E-state index contributed by atoms with van der Waals surface area (Å²) in [7, 11) is 3.49. The summed E-state index contributed by atoms with van der Waals surface area (Å²) in [4.78, 5) is 0. The van der Waals surface area contributed by atoms with E-state index in [4.69, 9.17) is 36.1 Å². The predicted octanol–water partition coefficient (Wildman–Crippen LogP) is -3.33. The van der Waals surface area contributed by atoms with Gasteiger partial charge in [0, 0.05) is 18.1 Å². The topological polar surface area (TPSA) is 200 Å². The highest BCUT2D eigenvalue weighted by atomic mass is 16.7. The van der Waals surface area contributed by atoms with Crippen LogP contribution in [0.3, 0.4) is 0 Å². The molecule has 0 radical (unpaired) electrons. The normalized spacial score (nSPS) is 50.2. The molecule has 11 N–H and O–H groups in total. The molecule has 13 atom stereocenters. The lowest BCUT2D eigenvalue weighted by molar-refractivity contribution is -0.307. The molecule has 0 bridgehead atoms. The Balaban J connectivity index is 1.68. The van der Waals surface area contributed by atoms with Crippen LogP contribution in [-0.4, -0.2) is 115 Å². The summed E-state index contributed by atoms with van der Waals surface area (Å²) in [5, 5.41) is 38.3. The quantitative estimate of drug-likeness (QED) is 0.182. The number of ether oxygens (including phenoxy) is 4. The number of nitrogens with two attached hydrogens (primary N) is 3. The molecule has 0 aromatic rings. The standard InChI is InChI=1S/C21H43N5O7/c1-9(25-3)13-6-5-10(22)19(31-13)32-16-11(23)7-12(24)17(14(16)27)33-20-15(28)18(26-4)21(2,29)8-30-20/h9-20,25-29H,5-8,22-24H2,1-4H3/t9?,10-,11+,12-,13+,14-,15-,16?,17+,18-,19-,20?,21+/m1/s1. The summed E-state index contributed by atoms with van der Waals surface area (Å²) in [6.07, 6.45) is -4.22. The van der Waals surface area contributed by atoms with Crippen molar-refractivity contribution in [2.75, 3.05) is 20.7 Å². The fourth-order valence-corrected chi connectivity index (χ4v) is 5.04. The van der Waals surface area contributed by atoms with Crippen LogP contribution in [-0.2, 0) is 18.9 Å². The van der Waals surface area contributed by atoms with Crippen LogP contribution >= 0.6 is 0 Å². The van der Waals surface area contributed by atoms with Gasteiger partial charge in [0.25, 0.3) is 0 Å². The van der Waals surface area contributed by atoms with Crippen LogP contribution < -0.4 is 27.8 Å². The first-order chi connectivity index (χ1) is 15.5. The smallest absolute Gasteiger partial charge is 0.185 e. The van der Waals surface area contributed by atoms with Crippen LogP contribution in [0.15, 0.2) is 0 Å². The number of hydrogen-bond acceptors (Lipinski definition) is 12. The second kappa shape index (κ2) is 11.1. The van der Waals surface area contributed by atoms with E-state index in [1.807, 2.05) is 14.0 Å². The maximum absolute atomic E-state index is 11.1. The van der Waals surface area contributed by atoms with Gasteiger partial charge in [-0.2, -0.15) is 0 Å².